The number of nitrogens with zero attached hydrogens (tertiary/aromatic N) is 2. The molecule has 2 aromatic rings. The summed E-state index contributed by atoms with van der Waals surface area (Å²) in [6.45, 7) is 2.36. The molecule has 0 N–H and O–H groups in total. The van der Waals surface area contributed by atoms with Crippen molar-refractivity contribution in [1.29, 1.82) is 0 Å². The average molecular weight is 345 g/mol. The fourth-order valence-electron chi connectivity index (χ4n) is 3.97. The average Bonchev–Trinajstić information content (AvgIpc) is 2.83. The number of anilines is 1. The predicted molar refractivity (Wildman–Crippen MR) is 99.1 cm³/mol. The Bertz CT molecular complexity index is 716. The van der Waals surface area contributed by atoms with Crippen LogP contribution in [0.3, 0.4) is 0 Å². The first-order valence-electron chi connectivity index (χ1n) is 8.11. The zero-order valence-corrected chi connectivity index (χ0v) is 15.1. The van der Waals surface area contributed by atoms with Crippen LogP contribution >= 0.6 is 23.4 Å². The van der Waals surface area contributed by atoms with Crippen LogP contribution in [0.15, 0.2) is 52.3 Å². The van der Waals surface area contributed by atoms with Crippen molar-refractivity contribution in [3.8, 4) is 0 Å². The van der Waals surface area contributed by atoms with Crippen LogP contribution in [0.5, 0.6) is 0 Å². The minimum atomic E-state index is 0.638. The quantitative estimate of drug-likeness (QED) is 0.777. The Kier molecular flexibility index (Phi) is 4.04. The van der Waals surface area contributed by atoms with E-state index in [1.807, 2.05) is 23.9 Å². The number of likely N-dealkylation sites (N-methyl/N-ethyl adjacent to an activating group) is 2. The van der Waals surface area contributed by atoms with Gasteiger partial charge in [0, 0.05) is 40.4 Å². The largest absolute Gasteiger partial charge is 0.370 e. The summed E-state index contributed by atoms with van der Waals surface area (Å²) >= 11 is 7.84. The number of piperidine rings is 1. The highest BCUT2D eigenvalue weighted by Crippen LogP contribution is 2.49. The zero-order valence-electron chi connectivity index (χ0n) is 13.5. The third-order valence-corrected chi connectivity index (χ3v) is 6.41. The van der Waals surface area contributed by atoms with Crippen LogP contribution < -0.4 is 4.90 Å². The SMILES string of the molecule is CN1CC[C@@H]2[C@@H](C1)c1cccc(Sc3ccc(Cl)cc3)c1N2C. The van der Waals surface area contributed by atoms with E-state index in [1.54, 1.807) is 0 Å². The number of benzene rings is 2. The fraction of sp³-hybridized carbons (Fsp3) is 0.368. The highest BCUT2D eigenvalue weighted by molar-refractivity contribution is 7.99. The molecule has 2 aliphatic heterocycles. The molecular formula is C19H21ClN2S. The van der Waals surface area contributed by atoms with E-state index in [2.05, 4.69) is 54.2 Å². The smallest absolute Gasteiger partial charge is 0.0544 e. The van der Waals surface area contributed by atoms with Crippen molar-refractivity contribution in [2.24, 2.45) is 0 Å². The maximum atomic E-state index is 6.01. The molecule has 0 spiro atoms. The standard InChI is InChI=1S/C19H21ClN2S/c1-21-11-10-17-16(12-21)15-4-3-5-18(19(15)22(17)2)23-14-8-6-13(20)7-9-14/h3-9,16-17H,10-12H2,1-2H3/t16-,17+/m0/s1. The molecule has 0 amide bonds. The van der Waals surface area contributed by atoms with Gasteiger partial charge in [-0.05, 0) is 55.9 Å². The van der Waals surface area contributed by atoms with Gasteiger partial charge in [0.1, 0.15) is 0 Å². The van der Waals surface area contributed by atoms with E-state index in [-0.39, 0.29) is 0 Å². The summed E-state index contributed by atoms with van der Waals surface area (Å²) < 4.78 is 0. The van der Waals surface area contributed by atoms with E-state index in [0.717, 1.165) is 11.6 Å². The van der Waals surface area contributed by atoms with Gasteiger partial charge in [-0.15, -0.1) is 0 Å². The second-order valence-electron chi connectivity index (χ2n) is 6.59. The fourth-order valence-corrected chi connectivity index (χ4v) is 5.12. The molecule has 0 bridgehead atoms. The molecule has 4 rings (SSSR count). The molecule has 0 saturated carbocycles. The Labute approximate surface area is 147 Å². The van der Waals surface area contributed by atoms with Gasteiger partial charge in [0.2, 0.25) is 0 Å². The molecule has 1 saturated heterocycles. The van der Waals surface area contributed by atoms with Crippen molar-refractivity contribution in [1.82, 2.24) is 4.90 Å². The molecule has 2 heterocycles. The summed E-state index contributed by atoms with van der Waals surface area (Å²) in [5, 5.41) is 0.791. The highest BCUT2D eigenvalue weighted by atomic mass is 35.5. The van der Waals surface area contributed by atoms with Crippen LogP contribution in [0, 0.1) is 0 Å². The Morgan fingerprint density at radius 1 is 1.09 bits per heavy atom. The molecule has 0 radical (unpaired) electrons. The van der Waals surface area contributed by atoms with Gasteiger partial charge in [-0.2, -0.15) is 0 Å². The van der Waals surface area contributed by atoms with Crippen LogP contribution in [-0.2, 0) is 0 Å². The Balaban J connectivity index is 1.70. The predicted octanol–water partition coefficient (Wildman–Crippen LogP) is 4.73. The molecule has 1 fully saturated rings. The van der Waals surface area contributed by atoms with E-state index in [1.165, 1.54) is 34.0 Å². The number of rotatable bonds is 2. The van der Waals surface area contributed by atoms with Crippen molar-refractivity contribution in [3.05, 3.63) is 53.1 Å². The summed E-state index contributed by atoms with van der Waals surface area (Å²) in [6.07, 6.45) is 1.25. The van der Waals surface area contributed by atoms with Gasteiger partial charge < -0.3 is 9.80 Å². The first-order chi connectivity index (χ1) is 11.1. The lowest BCUT2D eigenvalue weighted by Crippen LogP contribution is -2.43. The number of likely N-dealkylation sites (tertiary alicyclic amines) is 1. The first-order valence-corrected chi connectivity index (χ1v) is 9.30. The van der Waals surface area contributed by atoms with Crippen LogP contribution in [0.4, 0.5) is 5.69 Å². The van der Waals surface area contributed by atoms with Gasteiger partial charge in [0.25, 0.3) is 0 Å². The van der Waals surface area contributed by atoms with Crippen molar-refractivity contribution >= 4 is 29.1 Å². The summed E-state index contributed by atoms with van der Waals surface area (Å²) in [5.74, 6) is 0.638. The number of fused-ring (bicyclic) bond motifs is 3. The molecule has 0 aromatic heterocycles. The van der Waals surface area contributed by atoms with Crippen LogP contribution in [0.2, 0.25) is 5.02 Å². The monoisotopic (exact) mass is 344 g/mol. The lowest BCUT2D eigenvalue weighted by molar-refractivity contribution is 0.234. The Morgan fingerprint density at radius 2 is 1.87 bits per heavy atom. The summed E-state index contributed by atoms with van der Waals surface area (Å²) in [6, 6.07) is 15.5. The minimum absolute atomic E-state index is 0.638. The summed E-state index contributed by atoms with van der Waals surface area (Å²) in [7, 11) is 4.50. The van der Waals surface area contributed by atoms with E-state index < -0.39 is 0 Å². The molecule has 4 heteroatoms. The topological polar surface area (TPSA) is 6.48 Å². The van der Waals surface area contributed by atoms with Gasteiger partial charge >= 0.3 is 0 Å². The van der Waals surface area contributed by atoms with Crippen molar-refractivity contribution in [2.75, 3.05) is 32.1 Å². The maximum absolute atomic E-state index is 6.01. The Hall–Kier alpha value is -1.16. The van der Waals surface area contributed by atoms with Gasteiger partial charge in [-0.25, -0.2) is 0 Å². The third kappa shape index (κ3) is 2.75. The third-order valence-electron chi connectivity index (χ3n) is 5.10. The van der Waals surface area contributed by atoms with Gasteiger partial charge in [0.05, 0.1) is 5.69 Å². The summed E-state index contributed by atoms with van der Waals surface area (Å²) in [4.78, 5) is 7.57. The summed E-state index contributed by atoms with van der Waals surface area (Å²) in [5.41, 5.74) is 2.95. The molecular weight excluding hydrogens is 324 g/mol. The van der Waals surface area contributed by atoms with Crippen molar-refractivity contribution in [3.63, 3.8) is 0 Å². The first kappa shape index (κ1) is 15.4. The molecule has 0 unspecified atom stereocenters. The Morgan fingerprint density at radius 3 is 2.65 bits per heavy atom. The van der Waals surface area contributed by atoms with Gasteiger partial charge in [-0.1, -0.05) is 35.5 Å². The zero-order chi connectivity index (χ0) is 16.0. The molecule has 120 valence electrons. The van der Waals surface area contributed by atoms with Crippen molar-refractivity contribution in [2.45, 2.75) is 28.2 Å². The second kappa shape index (κ2) is 6.04. The number of para-hydroxylation sites is 1. The molecule has 0 aliphatic carbocycles. The maximum Gasteiger partial charge on any atom is 0.0544 e. The molecule has 2 atom stereocenters. The van der Waals surface area contributed by atoms with Crippen LogP contribution in [0.1, 0.15) is 17.9 Å². The van der Waals surface area contributed by atoms with Gasteiger partial charge in [0.15, 0.2) is 0 Å². The normalized spacial score (nSPS) is 23.7. The molecule has 23 heavy (non-hydrogen) atoms. The van der Waals surface area contributed by atoms with Crippen LogP contribution in [-0.4, -0.2) is 38.1 Å². The second-order valence-corrected chi connectivity index (χ2v) is 8.14. The van der Waals surface area contributed by atoms with Crippen molar-refractivity contribution < 1.29 is 0 Å². The number of hydrogen-bond donors (Lipinski definition) is 0. The van der Waals surface area contributed by atoms with Gasteiger partial charge in [-0.3, -0.25) is 0 Å². The molecule has 2 nitrogen and oxygen atoms in total. The van der Waals surface area contributed by atoms with E-state index >= 15 is 0 Å². The number of halogens is 1. The lowest BCUT2D eigenvalue weighted by Gasteiger charge is -2.35. The molecule has 2 aliphatic rings. The van der Waals surface area contributed by atoms with E-state index in [9.17, 15) is 0 Å². The van der Waals surface area contributed by atoms with Crippen LogP contribution in [0.25, 0.3) is 0 Å². The minimum Gasteiger partial charge on any atom is -0.370 e. The van der Waals surface area contributed by atoms with E-state index in [4.69, 9.17) is 11.6 Å². The molecule has 2 aromatic carbocycles. The lowest BCUT2D eigenvalue weighted by atomic mass is 9.89. The highest BCUT2D eigenvalue weighted by Gasteiger charge is 2.40. The number of hydrogen-bond acceptors (Lipinski definition) is 3. The van der Waals surface area contributed by atoms with E-state index in [0.29, 0.717) is 12.0 Å².